The van der Waals surface area contributed by atoms with E-state index in [9.17, 15) is 0 Å². The molecular weight excluding hydrogens is 376 g/mol. The molecule has 4 rings (SSSR count). The summed E-state index contributed by atoms with van der Waals surface area (Å²) in [7, 11) is 1.96. The Morgan fingerprint density at radius 1 is 1.23 bits per heavy atom. The number of hydrogen-bond acceptors (Lipinski definition) is 4. The standard InChI is InChI=1S/C23H34N6O/c1-3-24-23(25-11-7-10-20-14-26-27(2)15-20)29-17-21-22(18-29)30-13-12-28(21)16-19-8-5-4-6-9-19/h4-6,8-9,14-15,21-22H,3,7,10-13,16-18H2,1-2H3,(H,24,25). The van der Waals surface area contributed by atoms with Crippen molar-refractivity contribution in [2.45, 2.75) is 38.5 Å². The third-order valence-corrected chi connectivity index (χ3v) is 5.92. The Morgan fingerprint density at radius 3 is 2.87 bits per heavy atom. The summed E-state index contributed by atoms with van der Waals surface area (Å²) >= 11 is 0. The highest BCUT2D eigenvalue weighted by molar-refractivity contribution is 5.80. The number of aliphatic imine (C=N–C) groups is 1. The predicted molar refractivity (Wildman–Crippen MR) is 119 cm³/mol. The van der Waals surface area contributed by atoms with Gasteiger partial charge in [0.2, 0.25) is 0 Å². The van der Waals surface area contributed by atoms with E-state index < -0.39 is 0 Å². The number of guanidine groups is 1. The quantitative estimate of drug-likeness (QED) is 0.429. The van der Waals surface area contributed by atoms with Gasteiger partial charge in [0.1, 0.15) is 0 Å². The summed E-state index contributed by atoms with van der Waals surface area (Å²) in [6.45, 7) is 8.48. The molecule has 2 saturated heterocycles. The van der Waals surface area contributed by atoms with E-state index in [0.29, 0.717) is 6.04 Å². The molecule has 2 aliphatic rings. The number of aromatic nitrogens is 2. The van der Waals surface area contributed by atoms with Crippen LogP contribution in [0.2, 0.25) is 0 Å². The van der Waals surface area contributed by atoms with E-state index in [1.165, 1.54) is 11.1 Å². The Bertz CT molecular complexity index is 820. The largest absolute Gasteiger partial charge is 0.373 e. The Hall–Kier alpha value is -2.38. The first-order chi connectivity index (χ1) is 14.7. The minimum Gasteiger partial charge on any atom is -0.373 e. The van der Waals surface area contributed by atoms with Crippen LogP contribution in [0.5, 0.6) is 0 Å². The van der Waals surface area contributed by atoms with Gasteiger partial charge >= 0.3 is 0 Å². The van der Waals surface area contributed by atoms with Gasteiger partial charge in [0.05, 0.1) is 24.9 Å². The van der Waals surface area contributed by atoms with Gasteiger partial charge < -0.3 is 15.0 Å². The molecule has 2 atom stereocenters. The molecule has 162 valence electrons. The zero-order chi connectivity index (χ0) is 20.8. The van der Waals surface area contributed by atoms with Crippen molar-refractivity contribution in [2.24, 2.45) is 12.0 Å². The SMILES string of the molecule is CCNC(=NCCCc1cnn(C)c1)N1CC2OCCN(Cc3ccccc3)C2C1. The maximum absolute atomic E-state index is 6.14. The third kappa shape index (κ3) is 5.21. The smallest absolute Gasteiger partial charge is 0.194 e. The minimum absolute atomic E-state index is 0.252. The molecular formula is C23H34N6O. The van der Waals surface area contributed by atoms with Gasteiger partial charge in [-0.15, -0.1) is 0 Å². The van der Waals surface area contributed by atoms with Crippen molar-refractivity contribution in [1.29, 1.82) is 0 Å². The number of benzene rings is 1. The Balaban J connectivity index is 1.35. The van der Waals surface area contributed by atoms with Crippen LogP contribution in [0.4, 0.5) is 0 Å². The summed E-state index contributed by atoms with van der Waals surface area (Å²) in [4.78, 5) is 9.87. The van der Waals surface area contributed by atoms with Crippen LogP contribution < -0.4 is 5.32 Å². The topological polar surface area (TPSA) is 57.9 Å². The zero-order valence-corrected chi connectivity index (χ0v) is 18.2. The van der Waals surface area contributed by atoms with E-state index in [1.807, 2.05) is 17.9 Å². The second-order valence-electron chi connectivity index (χ2n) is 8.20. The predicted octanol–water partition coefficient (Wildman–Crippen LogP) is 1.90. The molecule has 30 heavy (non-hydrogen) atoms. The summed E-state index contributed by atoms with van der Waals surface area (Å²) in [6.07, 6.45) is 6.31. The van der Waals surface area contributed by atoms with E-state index in [2.05, 4.69) is 63.7 Å². The van der Waals surface area contributed by atoms with E-state index in [0.717, 1.165) is 64.7 Å². The Morgan fingerprint density at radius 2 is 2.10 bits per heavy atom. The average Bonchev–Trinajstić information content (AvgIpc) is 3.38. The lowest BCUT2D eigenvalue weighted by atomic mass is 10.1. The summed E-state index contributed by atoms with van der Waals surface area (Å²) in [6, 6.07) is 11.2. The number of aryl methyl sites for hydroxylation is 2. The van der Waals surface area contributed by atoms with Gasteiger partial charge in [-0.1, -0.05) is 30.3 Å². The molecule has 1 N–H and O–H groups in total. The van der Waals surface area contributed by atoms with Crippen LogP contribution in [0.15, 0.2) is 47.7 Å². The first-order valence-corrected chi connectivity index (χ1v) is 11.1. The van der Waals surface area contributed by atoms with E-state index in [-0.39, 0.29) is 6.10 Å². The molecule has 0 bridgehead atoms. The number of nitrogens with zero attached hydrogens (tertiary/aromatic N) is 5. The molecule has 7 heteroatoms. The van der Waals surface area contributed by atoms with Crippen molar-refractivity contribution in [3.05, 3.63) is 53.9 Å². The van der Waals surface area contributed by atoms with Crippen LogP contribution in [0.1, 0.15) is 24.5 Å². The van der Waals surface area contributed by atoms with Gasteiger partial charge in [-0.3, -0.25) is 14.6 Å². The Labute approximate surface area is 179 Å². The van der Waals surface area contributed by atoms with Crippen molar-refractivity contribution >= 4 is 5.96 Å². The first-order valence-electron chi connectivity index (χ1n) is 11.1. The van der Waals surface area contributed by atoms with E-state index in [1.54, 1.807) is 0 Å². The lowest BCUT2D eigenvalue weighted by Crippen LogP contribution is -2.50. The number of rotatable bonds is 7. The highest BCUT2D eigenvalue weighted by Crippen LogP contribution is 2.24. The van der Waals surface area contributed by atoms with Crippen LogP contribution >= 0.6 is 0 Å². The molecule has 3 heterocycles. The normalized spacial score (nSPS) is 22.3. The molecule has 7 nitrogen and oxygen atoms in total. The maximum atomic E-state index is 6.14. The average molecular weight is 411 g/mol. The summed E-state index contributed by atoms with van der Waals surface area (Å²) in [5, 5.41) is 7.73. The van der Waals surface area contributed by atoms with Crippen molar-refractivity contribution in [2.75, 3.05) is 39.3 Å². The zero-order valence-electron chi connectivity index (χ0n) is 18.2. The van der Waals surface area contributed by atoms with E-state index in [4.69, 9.17) is 9.73 Å². The minimum atomic E-state index is 0.252. The number of fused-ring (bicyclic) bond motifs is 1. The summed E-state index contributed by atoms with van der Waals surface area (Å²) in [5.41, 5.74) is 2.64. The lowest BCUT2D eigenvalue weighted by Gasteiger charge is -2.36. The van der Waals surface area contributed by atoms with Crippen LogP contribution in [-0.4, -0.2) is 77.0 Å². The van der Waals surface area contributed by atoms with E-state index >= 15 is 0 Å². The number of morpholine rings is 1. The fourth-order valence-corrected chi connectivity index (χ4v) is 4.44. The number of hydrogen-bond donors (Lipinski definition) is 1. The van der Waals surface area contributed by atoms with Gasteiger partial charge in [-0.25, -0.2) is 0 Å². The van der Waals surface area contributed by atoms with Crippen LogP contribution in [-0.2, 0) is 24.8 Å². The molecule has 2 fully saturated rings. The monoisotopic (exact) mass is 410 g/mol. The van der Waals surface area contributed by atoms with Crippen LogP contribution in [0.25, 0.3) is 0 Å². The molecule has 0 amide bonds. The third-order valence-electron chi connectivity index (χ3n) is 5.92. The fraction of sp³-hybridized carbons (Fsp3) is 0.565. The van der Waals surface area contributed by atoms with Crippen molar-refractivity contribution in [3.63, 3.8) is 0 Å². The molecule has 2 aromatic rings. The fourth-order valence-electron chi connectivity index (χ4n) is 4.44. The summed E-state index contributed by atoms with van der Waals surface area (Å²) in [5.74, 6) is 1.02. The molecule has 0 saturated carbocycles. The van der Waals surface area contributed by atoms with Gasteiger partial charge in [0.15, 0.2) is 5.96 Å². The number of nitrogens with one attached hydrogen (secondary N) is 1. The molecule has 1 aromatic heterocycles. The Kier molecular flexibility index (Phi) is 7.02. The van der Waals surface area contributed by atoms with Crippen molar-refractivity contribution in [1.82, 2.24) is 24.9 Å². The highest BCUT2D eigenvalue weighted by Gasteiger charge is 2.41. The molecule has 2 unspecified atom stereocenters. The van der Waals surface area contributed by atoms with Crippen molar-refractivity contribution in [3.8, 4) is 0 Å². The number of ether oxygens (including phenoxy) is 1. The number of likely N-dealkylation sites (tertiary alicyclic amines) is 1. The molecule has 0 spiro atoms. The molecule has 1 aromatic carbocycles. The second-order valence-corrected chi connectivity index (χ2v) is 8.20. The first kappa shape index (κ1) is 20.9. The second kappa shape index (κ2) is 10.1. The van der Waals surface area contributed by atoms with Gasteiger partial charge in [0, 0.05) is 52.5 Å². The molecule has 0 aliphatic carbocycles. The lowest BCUT2D eigenvalue weighted by molar-refractivity contribution is -0.0502. The van der Waals surface area contributed by atoms with Crippen LogP contribution in [0.3, 0.4) is 0 Å². The molecule has 2 aliphatic heterocycles. The van der Waals surface area contributed by atoms with Gasteiger partial charge in [-0.2, -0.15) is 5.10 Å². The maximum Gasteiger partial charge on any atom is 0.194 e. The summed E-state index contributed by atoms with van der Waals surface area (Å²) < 4.78 is 8.00. The van der Waals surface area contributed by atoms with Crippen molar-refractivity contribution < 1.29 is 4.74 Å². The van der Waals surface area contributed by atoms with Gasteiger partial charge in [-0.05, 0) is 30.9 Å². The molecule has 0 radical (unpaired) electrons. The van der Waals surface area contributed by atoms with Gasteiger partial charge in [0.25, 0.3) is 0 Å². The highest BCUT2D eigenvalue weighted by atomic mass is 16.5. The van der Waals surface area contributed by atoms with Crippen LogP contribution in [0, 0.1) is 0 Å².